The third kappa shape index (κ3) is 3.56. The second-order valence-electron chi connectivity index (χ2n) is 9.14. The van der Waals surface area contributed by atoms with E-state index in [0.29, 0.717) is 36.9 Å². The largest absolute Gasteiger partial charge is 0.486 e. The van der Waals surface area contributed by atoms with E-state index in [1.807, 2.05) is 24.3 Å². The molecule has 6 nitrogen and oxygen atoms in total. The third-order valence-corrected chi connectivity index (χ3v) is 5.99. The van der Waals surface area contributed by atoms with Crippen molar-refractivity contribution < 1.29 is 23.8 Å². The highest BCUT2D eigenvalue weighted by atomic mass is 16.6. The first kappa shape index (κ1) is 19.7. The minimum absolute atomic E-state index is 0.0992. The van der Waals surface area contributed by atoms with E-state index in [9.17, 15) is 9.59 Å². The molecule has 1 N–H and O–H groups in total. The topological polar surface area (TPSA) is 73.9 Å². The maximum Gasteiger partial charge on any atom is 0.308 e. The standard InChI is InChI=1S/C25H25NO5/c1-14(27)31-16-6-4-15(5-7-16)23-17-10-21-22(30-9-8-29-21)11-18(17)26-19-12-25(2,3)13-20(28)24(19)23/h4-7,10-11,23,26H,8-9,12-13H2,1-3H3/t23-/m1/s1. The number of hydrogen-bond acceptors (Lipinski definition) is 6. The van der Waals surface area contributed by atoms with Gasteiger partial charge in [0.1, 0.15) is 19.0 Å². The lowest BCUT2D eigenvalue weighted by molar-refractivity contribution is -0.131. The third-order valence-electron chi connectivity index (χ3n) is 5.99. The number of hydrogen-bond donors (Lipinski definition) is 1. The summed E-state index contributed by atoms with van der Waals surface area (Å²) in [4.78, 5) is 24.6. The van der Waals surface area contributed by atoms with Crippen LogP contribution in [0, 0.1) is 5.41 Å². The van der Waals surface area contributed by atoms with Crippen molar-refractivity contribution in [2.24, 2.45) is 5.41 Å². The van der Waals surface area contributed by atoms with Crippen LogP contribution in [0.5, 0.6) is 17.2 Å². The van der Waals surface area contributed by atoms with E-state index in [4.69, 9.17) is 14.2 Å². The Labute approximate surface area is 181 Å². The number of Topliss-reactive ketones (excluding diaryl/α,β-unsaturated/α-hetero) is 1. The summed E-state index contributed by atoms with van der Waals surface area (Å²) in [5, 5.41) is 3.53. The molecule has 2 aromatic rings. The molecule has 6 heteroatoms. The molecule has 1 atom stereocenters. The van der Waals surface area contributed by atoms with Crippen molar-refractivity contribution in [2.45, 2.75) is 39.5 Å². The van der Waals surface area contributed by atoms with Gasteiger partial charge >= 0.3 is 5.97 Å². The lowest BCUT2D eigenvalue weighted by Gasteiger charge is -2.40. The fraction of sp³-hybridized carbons (Fsp3) is 0.360. The molecule has 0 bridgehead atoms. The number of allylic oxidation sites excluding steroid dienone is 2. The van der Waals surface area contributed by atoms with Crippen molar-refractivity contribution in [3.05, 3.63) is 58.8 Å². The Hall–Kier alpha value is -3.28. The monoisotopic (exact) mass is 419 g/mol. The minimum atomic E-state index is -0.363. The number of benzene rings is 2. The maximum absolute atomic E-state index is 13.3. The van der Waals surface area contributed by atoms with Gasteiger partial charge in [-0.1, -0.05) is 26.0 Å². The Morgan fingerprint density at radius 3 is 2.42 bits per heavy atom. The molecule has 1 aliphatic carbocycles. The van der Waals surface area contributed by atoms with Gasteiger partial charge in [-0.2, -0.15) is 0 Å². The lowest BCUT2D eigenvalue weighted by Crippen LogP contribution is -2.34. The Bertz CT molecular complexity index is 1110. The van der Waals surface area contributed by atoms with Crippen molar-refractivity contribution >= 4 is 17.4 Å². The van der Waals surface area contributed by atoms with Crippen LogP contribution < -0.4 is 19.5 Å². The highest BCUT2D eigenvalue weighted by Crippen LogP contribution is 2.51. The van der Waals surface area contributed by atoms with Crippen LogP contribution in [-0.4, -0.2) is 25.0 Å². The summed E-state index contributed by atoms with van der Waals surface area (Å²) in [7, 11) is 0. The fourth-order valence-electron chi connectivity index (χ4n) is 4.79. The normalized spacial score (nSPS) is 21.0. The molecule has 0 amide bonds. The average molecular weight is 419 g/mol. The molecule has 160 valence electrons. The van der Waals surface area contributed by atoms with Crippen LogP contribution in [0.1, 0.15) is 50.7 Å². The Morgan fingerprint density at radius 2 is 1.74 bits per heavy atom. The molecular formula is C25H25NO5. The summed E-state index contributed by atoms with van der Waals surface area (Å²) in [6.45, 7) is 6.65. The van der Waals surface area contributed by atoms with Crippen LogP contribution in [0.15, 0.2) is 47.7 Å². The first-order chi connectivity index (χ1) is 14.8. The SMILES string of the molecule is CC(=O)Oc1ccc([C@H]2C3=C(CC(C)(C)CC3=O)Nc3cc4c(cc32)OCCO4)cc1. The predicted octanol–water partition coefficient (Wildman–Crippen LogP) is 4.58. The molecule has 0 spiro atoms. The number of ether oxygens (including phenoxy) is 3. The number of anilines is 1. The summed E-state index contributed by atoms with van der Waals surface area (Å²) >= 11 is 0. The zero-order valence-electron chi connectivity index (χ0n) is 17.9. The van der Waals surface area contributed by atoms with Crippen LogP contribution in [0.3, 0.4) is 0 Å². The number of nitrogens with one attached hydrogen (secondary N) is 1. The van der Waals surface area contributed by atoms with Gasteiger partial charge in [0.15, 0.2) is 17.3 Å². The molecular weight excluding hydrogens is 394 g/mol. The van der Waals surface area contributed by atoms with E-state index < -0.39 is 0 Å². The highest BCUT2D eigenvalue weighted by Gasteiger charge is 2.41. The summed E-state index contributed by atoms with van der Waals surface area (Å²) in [5.41, 5.74) is 4.57. The zero-order chi connectivity index (χ0) is 21.8. The van der Waals surface area contributed by atoms with Crippen LogP contribution in [0.4, 0.5) is 5.69 Å². The zero-order valence-corrected chi connectivity index (χ0v) is 17.9. The smallest absolute Gasteiger partial charge is 0.308 e. The number of esters is 1. The molecule has 0 radical (unpaired) electrons. The van der Waals surface area contributed by atoms with E-state index in [-0.39, 0.29) is 23.1 Å². The first-order valence-corrected chi connectivity index (χ1v) is 10.6. The number of carbonyl (C=O) groups excluding carboxylic acids is 2. The van der Waals surface area contributed by atoms with E-state index >= 15 is 0 Å². The second kappa shape index (κ2) is 7.15. The number of ketones is 1. The highest BCUT2D eigenvalue weighted by molar-refractivity contribution is 6.01. The van der Waals surface area contributed by atoms with E-state index in [0.717, 1.165) is 34.5 Å². The second-order valence-corrected chi connectivity index (χ2v) is 9.14. The van der Waals surface area contributed by atoms with Crippen molar-refractivity contribution in [1.29, 1.82) is 0 Å². The van der Waals surface area contributed by atoms with Crippen molar-refractivity contribution in [2.75, 3.05) is 18.5 Å². The van der Waals surface area contributed by atoms with E-state index in [1.54, 1.807) is 12.1 Å². The van der Waals surface area contributed by atoms with Gasteiger partial charge in [-0.3, -0.25) is 9.59 Å². The van der Waals surface area contributed by atoms with Gasteiger partial charge in [0.25, 0.3) is 0 Å². The van der Waals surface area contributed by atoms with Gasteiger partial charge in [0, 0.05) is 42.3 Å². The number of rotatable bonds is 2. The number of fused-ring (bicyclic) bond motifs is 2. The number of carbonyl (C=O) groups is 2. The van der Waals surface area contributed by atoms with Gasteiger partial charge in [0.05, 0.1) is 0 Å². The van der Waals surface area contributed by atoms with Crippen LogP contribution in [-0.2, 0) is 9.59 Å². The molecule has 2 heterocycles. The van der Waals surface area contributed by atoms with Crippen molar-refractivity contribution in [1.82, 2.24) is 0 Å². The minimum Gasteiger partial charge on any atom is -0.486 e. The molecule has 2 aromatic carbocycles. The van der Waals surface area contributed by atoms with Gasteiger partial charge in [-0.25, -0.2) is 0 Å². The molecule has 5 rings (SSSR count). The quantitative estimate of drug-likeness (QED) is 0.567. The van der Waals surface area contributed by atoms with Crippen molar-refractivity contribution in [3.8, 4) is 17.2 Å². The van der Waals surface area contributed by atoms with E-state index in [2.05, 4.69) is 19.2 Å². The van der Waals surface area contributed by atoms with Crippen LogP contribution >= 0.6 is 0 Å². The van der Waals surface area contributed by atoms with Crippen LogP contribution in [0.25, 0.3) is 0 Å². The first-order valence-electron chi connectivity index (χ1n) is 10.6. The Balaban J connectivity index is 1.65. The fourth-order valence-corrected chi connectivity index (χ4v) is 4.79. The molecule has 0 saturated heterocycles. The molecule has 0 fully saturated rings. The van der Waals surface area contributed by atoms with E-state index in [1.165, 1.54) is 6.92 Å². The summed E-state index contributed by atoms with van der Waals surface area (Å²) in [5.74, 6) is 1.47. The van der Waals surface area contributed by atoms with Gasteiger partial charge < -0.3 is 19.5 Å². The van der Waals surface area contributed by atoms with Crippen LogP contribution in [0.2, 0.25) is 0 Å². The molecule has 0 unspecified atom stereocenters. The predicted molar refractivity (Wildman–Crippen MR) is 116 cm³/mol. The van der Waals surface area contributed by atoms with Gasteiger partial charge in [-0.15, -0.1) is 0 Å². The summed E-state index contributed by atoms with van der Waals surface area (Å²) in [6, 6.07) is 11.3. The lowest BCUT2D eigenvalue weighted by atomic mass is 9.68. The Morgan fingerprint density at radius 1 is 1.06 bits per heavy atom. The molecule has 2 aliphatic heterocycles. The molecule has 0 saturated carbocycles. The maximum atomic E-state index is 13.3. The molecule has 0 aromatic heterocycles. The average Bonchev–Trinajstić information content (AvgIpc) is 2.70. The van der Waals surface area contributed by atoms with Crippen molar-refractivity contribution in [3.63, 3.8) is 0 Å². The summed E-state index contributed by atoms with van der Waals surface area (Å²) < 4.78 is 16.8. The Kier molecular flexibility index (Phi) is 4.54. The van der Waals surface area contributed by atoms with Gasteiger partial charge in [-0.05, 0) is 41.2 Å². The van der Waals surface area contributed by atoms with Gasteiger partial charge in [0.2, 0.25) is 0 Å². The molecule has 3 aliphatic rings. The summed E-state index contributed by atoms with van der Waals surface area (Å²) in [6.07, 6.45) is 1.30. The molecule has 31 heavy (non-hydrogen) atoms.